The van der Waals surface area contributed by atoms with Gasteiger partial charge in [-0.05, 0) is 12.8 Å². The van der Waals surface area contributed by atoms with Crippen LogP contribution in [0.4, 0.5) is 0 Å². The minimum Gasteiger partial charge on any atom is -0.359 e. The van der Waals surface area contributed by atoms with Gasteiger partial charge in [0.1, 0.15) is 5.84 Å². The van der Waals surface area contributed by atoms with Crippen molar-refractivity contribution in [2.45, 2.75) is 19.3 Å². The molecule has 0 spiro atoms. The van der Waals surface area contributed by atoms with Gasteiger partial charge in [-0.15, -0.1) is 0 Å². The van der Waals surface area contributed by atoms with Crippen molar-refractivity contribution in [1.82, 2.24) is 10.3 Å². The van der Waals surface area contributed by atoms with E-state index in [4.69, 9.17) is 0 Å². The quantitative estimate of drug-likeness (QED) is 0.525. The maximum absolute atomic E-state index is 4.21. The molecule has 0 amide bonds. The Balaban J connectivity index is 1.97. The molecule has 0 unspecified atom stereocenters. The predicted octanol–water partition coefficient (Wildman–Crippen LogP) is 0.389. The fourth-order valence-electron chi connectivity index (χ4n) is 1.57. The van der Waals surface area contributed by atoms with Gasteiger partial charge in [-0.3, -0.25) is 0 Å². The van der Waals surface area contributed by atoms with Crippen LogP contribution in [0.25, 0.3) is 0 Å². The van der Waals surface area contributed by atoms with Crippen molar-refractivity contribution in [3.8, 4) is 0 Å². The highest BCUT2D eigenvalue weighted by Gasteiger charge is 2.17. The normalized spacial score (nSPS) is 24.8. The Bertz CT molecular complexity index is 147. The highest BCUT2D eigenvalue weighted by Crippen LogP contribution is 2.11. The van der Waals surface area contributed by atoms with Crippen LogP contribution in [0.15, 0.2) is 5.10 Å². The lowest BCUT2D eigenvalue weighted by Crippen LogP contribution is -2.26. The van der Waals surface area contributed by atoms with E-state index in [-0.39, 0.29) is 0 Å². The molecule has 0 saturated carbocycles. The van der Waals surface area contributed by atoms with Crippen molar-refractivity contribution >= 4 is 5.84 Å². The third-order valence-electron chi connectivity index (χ3n) is 2.14. The third-order valence-corrected chi connectivity index (χ3v) is 2.14. The molecule has 3 nitrogen and oxygen atoms in total. The maximum Gasteiger partial charge on any atom is 0.126 e. The van der Waals surface area contributed by atoms with Gasteiger partial charge < -0.3 is 10.3 Å². The van der Waals surface area contributed by atoms with Crippen molar-refractivity contribution in [1.29, 1.82) is 0 Å². The minimum absolute atomic E-state index is 1.03. The van der Waals surface area contributed by atoms with E-state index in [9.17, 15) is 0 Å². The van der Waals surface area contributed by atoms with Crippen molar-refractivity contribution < 1.29 is 0 Å². The summed E-state index contributed by atoms with van der Waals surface area (Å²) in [6.07, 6.45) is 3.82. The van der Waals surface area contributed by atoms with Crippen LogP contribution >= 0.6 is 0 Å². The molecular weight excluding hydrogens is 126 g/mol. The summed E-state index contributed by atoms with van der Waals surface area (Å²) in [4.78, 5) is 2.39. The molecule has 2 rings (SSSR count). The van der Waals surface area contributed by atoms with Gasteiger partial charge in [0.05, 0.1) is 0 Å². The minimum atomic E-state index is 1.03. The van der Waals surface area contributed by atoms with Gasteiger partial charge in [0.2, 0.25) is 0 Å². The van der Waals surface area contributed by atoms with Gasteiger partial charge >= 0.3 is 0 Å². The van der Waals surface area contributed by atoms with E-state index in [1.54, 1.807) is 0 Å². The lowest BCUT2D eigenvalue weighted by Gasteiger charge is -2.14. The third kappa shape index (κ3) is 0.958. The van der Waals surface area contributed by atoms with E-state index in [1.165, 1.54) is 31.8 Å². The van der Waals surface area contributed by atoms with Crippen molar-refractivity contribution in [3.05, 3.63) is 0 Å². The van der Waals surface area contributed by atoms with Gasteiger partial charge in [0.15, 0.2) is 0 Å². The lowest BCUT2D eigenvalue weighted by atomic mass is 10.4. The first-order valence-corrected chi connectivity index (χ1v) is 4.01. The molecule has 0 bridgehead atoms. The zero-order valence-corrected chi connectivity index (χ0v) is 6.14. The number of likely N-dealkylation sites (tertiary alicyclic amines) is 1. The molecule has 0 aromatic rings. The summed E-state index contributed by atoms with van der Waals surface area (Å²) in [5, 5.41) is 4.21. The Hall–Kier alpha value is -0.730. The molecule has 56 valence electrons. The Morgan fingerprint density at radius 2 is 2.10 bits per heavy atom. The number of rotatable bonds is 0. The molecule has 1 saturated heterocycles. The van der Waals surface area contributed by atoms with E-state index in [1.807, 2.05) is 0 Å². The molecule has 2 aliphatic heterocycles. The zero-order chi connectivity index (χ0) is 6.81. The Morgan fingerprint density at radius 1 is 1.30 bits per heavy atom. The van der Waals surface area contributed by atoms with Gasteiger partial charge in [0, 0.05) is 26.1 Å². The topological polar surface area (TPSA) is 27.6 Å². The van der Waals surface area contributed by atoms with Gasteiger partial charge in [-0.2, -0.15) is 5.10 Å². The fourth-order valence-corrected chi connectivity index (χ4v) is 1.57. The molecule has 1 fully saturated rings. The van der Waals surface area contributed by atoms with Crippen LogP contribution < -0.4 is 5.43 Å². The smallest absolute Gasteiger partial charge is 0.126 e. The fraction of sp³-hybridized carbons (Fsp3) is 0.857. The number of amidine groups is 1. The summed E-state index contributed by atoms with van der Waals surface area (Å²) >= 11 is 0. The summed E-state index contributed by atoms with van der Waals surface area (Å²) in [6, 6.07) is 0. The summed E-state index contributed by atoms with van der Waals surface area (Å²) in [6.45, 7) is 3.48. The highest BCUT2D eigenvalue weighted by molar-refractivity contribution is 5.83. The Labute approximate surface area is 61.1 Å². The van der Waals surface area contributed by atoms with Crippen LogP contribution in [0.1, 0.15) is 19.3 Å². The Kier molecular flexibility index (Phi) is 1.49. The largest absolute Gasteiger partial charge is 0.359 e. The average Bonchev–Trinajstić information content (AvgIpc) is 2.59. The second-order valence-corrected chi connectivity index (χ2v) is 2.88. The van der Waals surface area contributed by atoms with E-state index >= 15 is 0 Å². The van der Waals surface area contributed by atoms with Crippen LogP contribution in [-0.2, 0) is 0 Å². The van der Waals surface area contributed by atoms with E-state index in [2.05, 4.69) is 15.4 Å². The summed E-state index contributed by atoms with van der Waals surface area (Å²) in [7, 11) is 0. The number of nitrogens with zero attached hydrogens (tertiary/aromatic N) is 2. The van der Waals surface area contributed by atoms with Crippen LogP contribution in [0.5, 0.6) is 0 Å². The van der Waals surface area contributed by atoms with E-state index in [0.717, 1.165) is 13.0 Å². The molecule has 1 N–H and O–H groups in total. The summed E-state index contributed by atoms with van der Waals surface area (Å²) in [5.41, 5.74) is 3.00. The number of nitrogens with one attached hydrogen (secondary N) is 1. The molecule has 0 aromatic carbocycles. The molecule has 0 aromatic heterocycles. The van der Waals surface area contributed by atoms with Crippen molar-refractivity contribution in [2.24, 2.45) is 5.10 Å². The number of hydrazone groups is 1. The number of hydrogen-bond acceptors (Lipinski definition) is 3. The highest BCUT2D eigenvalue weighted by atomic mass is 15.4. The molecule has 0 atom stereocenters. The second-order valence-electron chi connectivity index (χ2n) is 2.88. The maximum atomic E-state index is 4.21. The zero-order valence-electron chi connectivity index (χ0n) is 6.14. The molecule has 3 heteroatoms. The monoisotopic (exact) mass is 139 g/mol. The first-order chi connectivity index (χ1) is 4.97. The first-order valence-electron chi connectivity index (χ1n) is 4.01. The van der Waals surface area contributed by atoms with Crippen molar-refractivity contribution in [3.63, 3.8) is 0 Å². The lowest BCUT2D eigenvalue weighted by molar-refractivity contribution is 0.512. The molecule has 2 aliphatic rings. The second kappa shape index (κ2) is 2.48. The van der Waals surface area contributed by atoms with Crippen LogP contribution in [0, 0.1) is 0 Å². The molecule has 0 radical (unpaired) electrons. The SMILES string of the molecule is C1CCN(C2=NNCC2)C1. The van der Waals surface area contributed by atoms with Gasteiger partial charge in [-0.1, -0.05) is 0 Å². The predicted molar refractivity (Wildman–Crippen MR) is 40.9 cm³/mol. The number of hydrogen-bond donors (Lipinski definition) is 1. The molecular formula is C7H13N3. The summed E-state index contributed by atoms with van der Waals surface area (Å²) in [5.74, 6) is 1.28. The van der Waals surface area contributed by atoms with Gasteiger partial charge in [0.25, 0.3) is 0 Å². The van der Waals surface area contributed by atoms with Crippen LogP contribution in [-0.4, -0.2) is 30.4 Å². The van der Waals surface area contributed by atoms with Crippen LogP contribution in [0.3, 0.4) is 0 Å². The average molecular weight is 139 g/mol. The van der Waals surface area contributed by atoms with E-state index < -0.39 is 0 Å². The van der Waals surface area contributed by atoms with Crippen LogP contribution in [0.2, 0.25) is 0 Å². The molecule has 10 heavy (non-hydrogen) atoms. The Morgan fingerprint density at radius 3 is 2.70 bits per heavy atom. The van der Waals surface area contributed by atoms with Gasteiger partial charge in [-0.25, -0.2) is 0 Å². The van der Waals surface area contributed by atoms with Crippen molar-refractivity contribution in [2.75, 3.05) is 19.6 Å². The van der Waals surface area contributed by atoms with E-state index in [0.29, 0.717) is 0 Å². The molecule has 0 aliphatic carbocycles. The standard InChI is InChI=1S/C7H13N3/c1-2-6-10(5-1)7-3-4-8-9-7/h8H,1-6H2. The summed E-state index contributed by atoms with van der Waals surface area (Å²) < 4.78 is 0. The first kappa shape index (κ1) is 6.01. The molecule has 2 heterocycles.